The molecule has 0 radical (unpaired) electrons. The number of hydrogen-bond acceptors (Lipinski definition) is 4. The Morgan fingerprint density at radius 3 is 1.93 bits per heavy atom. The number of carbonyl (C=O) groups is 2. The summed E-state index contributed by atoms with van der Waals surface area (Å²) in [6, 6.07) is 19.0. The standard InChI is InChI=1S/C22H18N4O2/c1-14-5-3-6-15(2)20(14)26-22(28)19-8-4-7-18(25-19)21(27)24-17-11-9-16(13-23)10-12-17/h3-12H,1-2H3,(H,24,27)(H,26,28). The third-order valence-electron chi connectivity index (χ3n) is 4.21. The monoisotopic (exact) mass is 370 g/mol. The van der Waals surface area contributed by atoms with E-state index < -0.39 is 5.91 Å². The molecule has 2 amide bonds. The van der Waals surface area contributed by atoms with E-state index in [2.05, 4.69) is 15.6 Å². The average molecular weight is 370 g/mol. The molecule has 138 valence electrons. The highest BCUT2D eigenvalue weighted by atomic mass is 16.2. The number of amides is 2. The number of benzene rings is 2. The summed E-state index contributed by atoms with van der Waals surface area (Å²) in [7, 11) is 0. The van der Waals surface area contributed by atoms with Crippen molar-refractivity contribution in [3.05, 3.63) is 88.7 Å². The van der Waals surface area contributed by atoms with Crippen molar-refractivity contribution in [1.29, 1.82) is 5.26 Å². The molecule has 0 unspecified atom stereocenters. The van der Waals surface area contributed by atoms with E-state index in [0.29, 0.717) is 11.3 Å². The fraction of sp³-hybridized carbons (Fsp3) is 0.0909. The molecule has 0 aliphatic rings. The first kappa shape index (κ1) is 18.8. The van der Waals surface area contributed by atoms with E-state index in [0.717, 1.165) is 16.8 Å². The fourth-order valence-electron chi connectivity index (χ4n) is 2.70. The van der Waals surface area contributed by atoms with Gasteiger partial charge in [0.2, 0.25) is 0 Å². The molecule has 0 atom stereocenters. The first-order chi connectivity index (χ1) is 13.5. The second-order valence-electron chi connectivity index (χ2n) is 6.27. The van der Waals surface area contributed by atoms with Crippen LogP contribution in [-0.2, 0) is 0 Å². The van der Waals surface area contributed by atoms with Crippen molar-refractivity contribution in [2.75, 3.05) is 10.6 Å². The molecule has 0 spiro atoms. The van der Waals surface area contributed by atoms with Crippen LogP contribution in [0.4, 0.5) is 11.4 Å². The van der Waals surface area contributed by atoms with Crippen LogP contribution in [0.3, 0.4) is 0 Å². The summed E-state index contributed by atoms with van der Waals surface area (Å²) in [4.78, 5) is 29.2. The summed E-state index contributed by atoms with van der Waals surface area (Å²) < 4.78 is 0. The third kappa shape index (κ3) is 4.22. The number of anilines is 2. The fourth-order valence-corrected chi connectivity index (χ4v) is 2.70. The Morgan fingerprint density at radius 2 is 1.36 bits per heavy atom. The van der Waals surface area contributed by atoms with Crippen molar-refractivity contribution >= 4 is 23.2 Å². The second-order valence-corrected chi connectivity index (χ2v) is 6.27. The van der Waals surface area contributed by atoms with Gasteiger partial charge in [0.15, 0.2) is 0 Å². The predicted molar refractivity (Wildman–Crippen MR) is 107 cm³/mol. The zero-order valence-corrected chi connectivity index (χ0v) is 15.5. The summed E-state index contributed by atoms with van der Waals surface area (Å²) >= 11 is 0. The number of aromatic nitrogens is 1. The number of hydrogen-bond donors (Lipinski definition) is 2. The Hall–Kier alpha value is -3.98. The summed E-state index contributed by atoms with van der Waals surface area (Å²) in [5.41, 5.74) is 3.94. The van der Waals surface area contributed by atoms with E-state index >= 15 is 0 Å². The van der Waals surface area contributed by atoms with E-state index in [4.69, 9.17) is 5.26 Å². The number of nitrogens with one attached hydrogen (secondary N) is 2. The van der Waals surface area contributed by atoms with E-state index in [1.165, 1.54) is 6.07 Å². The molecule has 3 rings (SSSR count). The Kier molecular flexibility index (Phi) is 5.47. The van der Waals surface area contributed by atoms with Crippen LogP contribution >= 0.6 is 0 Å². The van der Waals surface area contributed by atoms with Crippen LogP contribution in [0.2, 0.25) is 0 Å². The van der Waals surface area contributed by atoms with E-state index in [9.17, 15) is 9.59 Å². The van der Waals surface area contributed by atoms with Crippen LogP contribution in [0.5, 0.6) is 0 Å². The zero-order valence-electron chi connectivity index (χ0n) is 15.5. The maximum absolute atomic E-state index is 12.6. The van der Waals surface area contributed by atoms with Gasteiger partial charge in [-0.2, -0.15) is 5.26 Å². The van der Waals surface area contributed by atoms with Crippen LogP contribution in [0.15, 0.2) is 60.7 Å². The number of pyridine rings is 1. The van der Waals surface area contributed by atoms with Gasteiger partial charge in [-0.15, -0.1) is 0 Å². The maximum atomic E-state index is 12.6. The topological polar surface area (TPSA) is 94.9 Å². The van der Waals surface area contributed by atoms with Crippen LogP contribution in [0.25, 0.3) is 0 Å². The molecule has 2 aromatic carbocycles. The summed E-state index contributed by atoms with van der Waals surface area (Å²) in [6.45, 7) is 3.83. The van der Waals surface area contributed by atoms with Crippen molar-refractivity contribution in [3.63, 3.8) is 0 Å². The largest absolute Gasteiger partial charge is 0.321 e. The summed E-state index contributed by atoms with van der Waals surface area (Å²) in [5.74, 6) is -0.822. The van der Waals surface area contributed by atoms with Gasteiger partial charge in [-0.3, -0.25) is 9.59 Å². The molecule has 3 aromatic rings. The molecule has 2 N–H and O–H groups in total. The SMILES string of the molecule is Cc1cccc(C)c1NC(=O)c1cccc(C(=O)Nc2ccc(C#N)cc2)n1. The normalized spacial score (nSPS) is 10.0. The lowest BCUT2D eigenvalue weighted by Crippen LogP contribution is -2.19. The molecule has 0 aliphatic heterocycles. The molecule has 0 aliphatic carbocycles. The Labute approximate surface area is 162 Å². The lowest BCUT2D eigenvalue weighted by Gasteiger charge is -2.11. The number of para-hydroxylation sites is 1. The highest BCUT2D eigenvalue weighted by molar-refractivity contribution is 6.06. The van der Waals surface area contributed by atoms with Crippen molar-refractivity contribution < 1.29 is 9.59 Å². The lowest BCUT2D eigenvalue weighted by molar-refractivity contribution is 0.101. The molecule has 0 bridgehead atoms. The minimum Gasteiger partial charge on any atom is -0.321 e. The van der Waals surface area contributed by atoms with Crippen LogP contribution < -0.4 is 10.6 Å². The second kappa shape index (κ2) is 8.14. The molecule has 1 aromatic heterocycles. The Morgan fingerprint density at radius 1 is 0.821 bits per heavy atom. The third-order valence-corrected chi connectivity index (χ3v) is 4.21. The van der Waals surface area contributed by atoms with Crippen molar-refractivity contribution in [2.45, 2.75) is 13.8 Å². The van der Waals surface area contributed by atoms with Gasteiger partial charge in [-0.25, -0.2) is 4.98 Å². The Balaban J connectivity index is 1.76. The summed E-state index contributed by atoms with van der Waals surface area (Å²) in [6.07, 6.45) is 0. The number of carbonyl (C=O) groups excluding carboxylic acids is 2. The average Bonchev–Trinajstić information content (AvgIpc) is 2.71. The van der Waals surface area contributed by atoms with Gasteiger partial charge in [0.25, 0.3) is 11.8 Å². The molecule has 0 saturated heterocycles. The lowest BCUT2D eigenvalue weighted by atomic mass is 10.1. The first-order valence-corrected chi connectivity index (χ1v) is 8.64. The number of aryl methyl sites for hydroxylation is 2. The number of nitrogens with zero attached hydrogens (tertiary/aromatic N) is 2. The molecule has 28 heavy (non-hydrogen) atoms. The van der Waals surface area contributed by atoms with Crippen LogP contribution in [-0.4, -0.2) is 16.8 Å². The minimum absolute atomic E-state index is 0.124. The van der Waals surface area contributed by atoms with Crippen molar-refractivity contribution in [3.8, 4) is 6.07 Å². The molecule has 1 heterocycles. The van der Waals surface area contributed by atoms with Gasteiger partial charge in [0.1, 0.15) is 11.4 Å². The van der Waals surface area contributed by atoms with Crippen molar-refractivity contribution in [2.24, 2.45) is 0 Å². The first-order valence-electron chi connectivity index (χ1n) is 8.64. The molecule has 0 fully saturated rings. The molecular weight excluding hydrogens is 352 g/mol. The predicted octanol–water partition coefficient (Wildman–Crippen LogP) is 4.07. The zero-order chi connectivity index (χ0) is 20.1. The van der Waals surface area contributed by atoms with Crippen molar-refractivity contribution in [1.82, 2.24) is 4.98 Å². The highest BCUT2D eigenvalue weighted by Crippen LogP contribution is 2.20. The smallest absolute Gasteiger partial charge is 0.274 e. The van der Waals surface area contributed by atoms with E-state index in [-0.39, 0.29) is 17.3 Å². The van der Waals surface area contributed by atoms with Gasteiger partial charge in [0, 0.05) is 11.4 Å². The van der Waals surface area contributed by atoms with Crippen LogP contribution in [0, 0.1) is 25.2 Å². The molecule has 0 saturated carbocycles. The minimum atomic E-state index is -0.438. The highest BCUT2D eigenvalue weighted by Gasteiger charge is 2.14. The van der Waals surface area contributed by atoms with E-state index in [1.807, 2.05) is 38.1 Å². The van der Waals surface area contributed by atoms with Gasteiger partial charge in [0.05, 0.1) is 11.6 Å². The van der Waals surface area contributed by atoms with Crippen LogP contribution in [0.1, 0.15) is 37.7 Å². The quantitative estimate of drug-likeness (QED) is 0.723. The van der Waals surface area contributed by atoms with Gasteiger partial charge < -0.3 is 10.6 Å². The summed E-state index contributed by atoms with van der Waals surface area (Å²) in [5, 5.41) is 14.4. The molecule has 6 heteroatoms. The van der Waals surface area contributed by atoms with E-state index in [1.54, 1.807) is 36.4 Å². The van der Waals surface area contributed by atoms with Gasteiger partial charge in [-0.05, 0) is 61.4 Å². The number of rotatable bonds is 4. The van der Waals surface area contributed by atoms with Gasteiger partial charge >= 0.3 is 0 Å². The van der Waals surface area contributed by atoms with Gasteiger partial charge in [-0.1, -0.05) is 24.3 Å². The number of nitriles is 1. The maximum Gasteiger partial charge on any atom is 0.274 e. The molecular formula is C22H18N4O2. The Bertz CT molecular complexity index is 1060. The molecule has 6 nitrogen and oxygen atoms in total.